The Labute approximate surface area is 119 Å². The average Bonchev–Trinajstić information content (AvgIpc) is 2.86. The molecule has 1 aromatic carbocycles. The van der Waals surface area contributed by atoms with Gasteiger partial charge in [-0.3, -0.25) is 4.90 Å². The number of fused-ring (bicyclic) bond motifs is 1. The van der Waals surface area contributed by atoms with Gasteiger partial charge in [0.15, 0.2) is 5.58 Å². The fourth-order valence-electron chi connectivity index (χ4n) is 2.87. The maximum atomic E-state index is 5.90. The Balaban J connectivity index is 1.85. The Morgan fingerprint density at radius 3 is 2.85 bits per heavy atom. The lowest BCUT2D eigenvalue weighted by Gasteiger charge is -2.43. The van der Waals surface area contributed by atoms with Crippen LogP contribution in [0.25, 0.3) is 11.1 Å². The first-order chi connectivity index (χ1) is 9.69. The van der Waals surface area contributed by atoms with Crippen LogP contribution >= 0.6 is 0 Å². The second kappa shape index (κ2) is 5.29. The maximum Gasteiger partial charge on any atom is 0.298 e. The van der Waals surface area contributed by atoms with Crippen LogP contribution in [-0.2, 0) is 0 Å². The number of rotatable bonds is 3. The van der Waals surface area contributed by atoms with Crippen LogP contribution in [0.4, 0.5) is 6.01 Å². The zero-order valence-corrected chi connectivity index (χ0v) is 12.1. The zero-order chi connectivity index (χ0) is 14.1. The number of hydrogen-bond acceptors (Lipinski definition) is 4. The van der Waals surface area contributed by atoms with Crippen LogP contribution in [0.2, 0.25) is 0 Å². The maximum absolute atomic E-state index is 5.90. The van der Waals surface area contributed by atoms with Gasteiger partial charge in [0.25, 0.3) is 6.01 Å². The van der Waals surface area contributed by atoms with E-state index in [4.69, 9.17) is 4.42 Å². The lowest BCUT2D eigenvalue weighted by atomic mass is 10.1. The van der Waals surface area contributed by atoms with E-state index in [9.17, 15) is 0 Å². The molecule has 0 bridgehead atoms. The minimum atomic E-state index is 0.388. The van der Waals surface area contributed by atoms with E-state index >= 15 is 0 Å². The molecule has 2 heterocycles. The average molecular weight is 271 g/mol. The van der Waals surface area contributed by atoms with Gasteiger partial charge in [-0.2, -0.15) is 4.98 Å². The number of nitrogens with zero attached hydrogens (tertiary/aromatic N) is 3. The summed E-state index contributed by atoms with van der Waals surface area (Å²) in [6, 6.07) is 9.52. The third-order valence-corrected chi connectivity index (χ3v) is 4.01. The van der Waals surface area contributed by atoms with Crippen molar-refractivity contribution in [1.29, 1.82) is 0 Å². The number of hydrogen-bond donors (Lipinski definition) is 0. The molecule has 0 radical (unpaired) electrons. The fraction of sp³-hybridized carbons (Fsp3) is 0.438. The lowest BCUT2D eigenvalue weighted by Crippen LogP contribution is -2.56. The molecular weight excluding hydrogens is 250 g/mol. The molecule has 3 rings (SSSR count). The molecule has 0 saturated carbocycles. The van der Waals surface area contributed by atoms with Gasteiger partial charge in [0.2, 0.25) is 0 Å². The number of aromatic nitrogens is 1. The highest BCUT2D eigenvalue weighted by Gasteiger charge is 2.30. The number of oxazole rings is 1. The van der Waals surface area contributed by atoms with Gasteiger partial charge >= 0.3 is 0 Å². The van der Waals surface area contributed by atoms with Crippen molar-refractivity contribution in [3.8, 4) is 0 Å². The van der Waals surface area contributed by atoms with Gasteiger partial charge in [-0.05, 0) is 26.0 Å². The van der Waals surface area contributed by atoms with Gasteiger partial charge in [0.05, 0.1) is 0 Å². The molecule has 0 aliphatic carbocycles. The van der Waals surface area contributed by atoms with E-state index < -0.39 is 0 Å². The second-order valence-corrected chi connectivity index (χ2v) is 5.56. The molecule has 2 aromatic rings. The summed E-state index contributed by atoms with van der Waals surface area (Å²) in [5.74, 6) is 0. The van der Waals surface area contributed by atoms with Crippen molar-refractivity contribution in [2.45, 2.75) is 25.9 Å². The highest BCUT2D eigenvalue weighted by molar-refractivity contribution is 5.74. The monoisotopic (exact) mass is 271 g/mol. The molecule has 0 amide bonds. The summed E-state index contributed by atoms with van der Waals surface area (Å²) in [6.07, 6.45) is 1.97. The van der Waals surface area contributed by atoms with Crippen molar-refractivity contribution in [1.82, 2.24) is 9.88 Å². The third kappa shape index (κ3) is 2.31. The van der Waals surface area contributed by atoms with E-state index in [0.29, 0.717) is 12.1 Å². The Bertz CT molecular complexity index is 574. The molecule has 4 nitrogen and oxygen atoms in total. The van der Waals surface area contributed by atoms with E-state index in [1.165, 1.54) is 0 Å². The van der Waals surface area contributed by atoms with E-state index in [2.05, 4.69) is 35.2 Å². The number of para-hydroxylation sites is 2. The Morgan fingerprint density at radius 1 is 1.30 bits per heavy atom. The topological polar surface area (TPSA) is 32.5 Å². The predicted molar refractivity (Wildman–Crippen MR) is 82.0 cm³/mol. The summed E-state index contributed by atoms with van der Waals surface area (Å²) in [6.45, 7) is 11.2. The van der Waals surface area contributed by atoms with Gasteiger partial charge in [0.1, 0.15) is 5.52 Å². The van der Waals surface area contributed by atoms with Crippen molar-refractivity contribution < 1.29 is 4.42 Å². The molecule has 20 heavy (non-hydrogen) atoms. The summed E-state index contributed by atoms with van der Waals surface area (Å²) in [5, 5.41) is 0. The predicted octanol–water partition coefficient (Wildman–Crippen LogP) is 2.91. The van der Waals surface area contributed by atoms with E-state index in [1.54, 1.807) is 0 Å². The van der Waals surface area contributed by atoms with Crippen molar-refractivity contribution in [3.63, 3.8) is 0 Å². The molecule has 0 spiro atoms. The first-order valence-electron chi connectivity index (χ1n) is 7.16. The largest absolute Gasteiger partial charge is 0.423 e. The quantitative estimate of drug-likeness (QED) is 0.804. The van der Waals surface area contributed by atoms with Crippen LogP contribution in [0.1, 0.15) is 13.8 Å². The molecule has 0 unspecified atom stereocenters. The number of piperazine rings is 1. The molecule has 4 heteroatoms. The van der Waals surface area contributed by atoms with Crippen LogP contribution in [0.15, 0.2) is 41.3 Å². The molecule has 1 saturated heterocycles. The zero-order valence-electron chi connectivity index (χ0n) is 12.1. The molecule has 1 fully saturated rings. The van der Waals surface area contributed by atoms with Gasteiger partial charge in [-0.15, -0.1) is 6.58 Å². The standard InChI is InChI=1S/C16H21N3O/c1-4-9-18-10-13(3)19(11-12(18)2)16-17-14-7-5-6-8-15(14)20-16/h4-8,12-13H,1,9-11H2,2-3H3/t12-,13-/m0/s1. The summed E-state index contributed by atoms with van der Waals surface area (Å²) >= 11 is 0. The number of benzene rings is 1. The smallest absolute Gasteiger partial charge is 0.298 e. The molecule has 1 aliphatic rings. The van der Waals surface area contributed by atoms with E-state index in [-0.39, 0.29) is 0 Å². The van der Waals surface area contributed by atoms with Crippen molar-refractivity contribution >= 4 is 17.1 Å². The Morgan fingerprint density at radius 2 is 2.10 bits per heavy atom. The molecule has 0 N–H and O–H groups in total. The SMILES string of the molecule is C=CCN1C[C@H](C)N(c2nc3ccccc3o2)C[C@@H]1C. The first kappa shape index (κ1) is 13.2. The summed E-state index contributed by atoms with van der Waals surface area (Å²) in [4.78, 5) is 9.32. The first-order valence-corrected chi connectivity index (χ1v) is 7.16. The van der Waals surface area contributed by atoms with E-state index in [1.807, 2.05) is 30.3 Å². The van der Waals surface area contributed by atoms with Gasteiger partial charge in [-0.25, -0.2) is 0 Å². The minimum absolute atomic E-state index is 0.388. The Kier molecular flexibility index (Phi) is 3.49. The van der Waals surface area contributed by atoms with Gasteiger partial charge < -0.3 is 9.32 Å². The summed E-state index contributed by atoms with van der Waals surface area (Å²) in [7, 11) is 0. The van der Waals surface area contributed by atoms with Crippen molar-refractivity contribution in [2.24, 2.45) is 0 Å². The molecular formula is C16H21N3O. The summed E-state index contributed by atoms with van der Waals surface area (Å²) < 4.78 is 5.90. The minimum Gasteiger partial charge on any atom is -0.423 e. The van der Waals surface area contributed by atoms with Crippen LogP contribution in [0, 0.1) is 0 Å². The van der Waals surface area contributed by atoms with Crippen LogP contribution < -0.4 is 4.90 Å². The van der Waals surface area contributed by atoms with Gasteiger partial charge in [0, 0.05) is 31.7 Å². The van der Waals surface area contributed by atoms with Crippen molar-refractivity contribution in [2.75, 3.05) is 24.5 Å². The highest BCUT2D eigenvalue weighted by Crippen LogP contribution is 2.26. The van der Waals surface area contributed by atoms with Gasteiger partial charge in [-0.1, -0.05) is 18.2 Å². The Hall–Kier alpha value is -1.81. The second-order valence-electron chi connectivity index (χ2n) is 5.56. The van der Waals surface area contributed by atoms with Crippen molar-refractivity contribution in [3.05, 3.63) is 36.9 Å². The van der Waals surface area contributed by atoms with Crippen LogP contribution in [0.5, 0.6) is 0 Å². The molecule has 106 valence electrons. The fourth-order valence-corrected chi connectivity index (χ4v) is 2.87. The lowest BCUT2D eigenvalue weighted by molar-refractivity contribution is 0.180. The number of anilines is 1. The van der Waals surface area contributed by atoms with E-state index in [0.717, 1.165) is 36.7 Å². The highest BCUT2D eigenvalue weighted by atomic mass is 16.4. The normalized spacial score (nSPS) is 24.2. The molecule has 1 aliphatic heterocycles. The third-order valence-electron chi connectivity index (χ3n) is 4.01. The molecule has 2 atom stereocenters. The van der Waals surface area contributed by atoms with Crippen LogP contribution in [0.3, 0.4) is 0 Å². The molecule has 1 aromatic heterocycles. The summed E-state index contributed by atoms with van der Waals surface area (Å²) in [5.41, 5.74) is 1.78. The van der Waals surface area contributed by atoms with Crippen LogP contribution in [-0.4, -0.2) is 41.6 Å².